The van der Waals surface area contributed by atoms with Crippen LogP contribution in [0, 0.1) is 5.82 Å². The van der Waals surface area contributed by atoms with Crippen LogP contribution in [0.3, 0.4) is 0 Å². The van der Waals surface area contributed by atoms with E-state index in [0.717, 1.165) is 0 Å². The van der Waals surface area contributed by atoms with Crippen LogP contribution in [0.25, 0.3) is 0 Å². The van der Waals surface area contributed by atoms with Crippen molar-refractivity contribution in [1.29, 1.82) is 0 Å². The Morgan fingerprint density at radius 3 is 2.26 bits per heavy atom. The number of benzene rings is 2. The molecule has 1 amide bonds. The lowest BCUT2D eigenvalue weighted by Crippen LogP contribution is -2.37. The van der Waals surface area contributed by atoms with Gasteiger partial charge in [0.15, 0.2) is 0 Å². The molecule has 3 N–H and O–H groups in total. The first-order chi connectivity index (χ1) is 11.0. The average Bonchev–Trinajstić information content (AvgIpc) is 2.55. The molecule has 0 spiro atoms. The van der Waals surface area contributed by atoms with Crippen LogP contribution in [-0.2, 0) is 4.79 Å². The molecular formula is C18H20FNO3. The molecule has 0 aliphatic carbocycles. The first-order valence-corrected chi connectivity index (χ1v) is 7.43. The molecule has 0 aliphatic rings. The highest BCUT2D eigenvalue weighted by atomic mass is 19.1. The lowest BCUT2D eigenvalue weighted by Gasteiger charge is -2.21. The summed E-state index contributed by atoms with van der Waals surface area (Å²) in [5, 5.41) is 22.9. The highest BCUT2D eigenvalue weighted by molar-refractivity contribution is 5.77. The molecule has 23 heavy (non-hydrogen) atoms. The molecule has 0 radical (unpaired) electrons. The number of aliphatic hydroxyl groups excluding tert-OH is 2. The van der Waals surface area contributed by atoms with E-state index in [1.807, 2.05) is 6.07 Å². The fraction of sp³-hybridized carbons (Fsp3) is 0.278. The molecule has 5 heteroatoms. The van der Waals surface area contributed by atoms with Gasteiger partial charge in [-0.3, -0.25) is 4.79 Å². The lowest BCUT2D eigenvalue weighted by atomic mass is 10.0. The molecule has 3 atom stereocenters. The quantitative estimate of drug-likeness (QED) is 0.766. The van der Waals surface area contributed by atoms with Crippen LogP contribution in [0.2, 0.25) is 0 Å². The van der Waals surface area contributed by atoms with Crippen LogP contribution in [0.4, 0.5) is 4.39 Å². The lowest BCUT2D eigenvalue weighted by molar-refractivity contribution is -0.124. The summed E-state index contributed by atoms with van der Waals surface area (Å²) in [4.78, 5) is 12.0. The van der Waals surface area contributed by atoms with Gasteiger partial charge in [-0.05, 0) is 30.2 Å². The Balaban J connectivity index is 1.90. The Hall–Kier alpha value is -2.24. The Labute approximate surface area is 134 Å². The third kappa shape index (κ3) is 4.87. The van der Waals surface area contributed by atoms with Crippen LogP contribution in [0.15, 0.2) is 54.6 Å². The standard InChI is InChI=1S/C18H20FNO3/c1-12(18(23)14-7-9-15(19)10-8-14)20-17(22)11-16(21)13-5-3-2-4-6-13/h2-10,12,16,18,21,23H,11H2,1H3,(H,20,22). The van der Waals surface area contributed by atoms with Crippen molar-refractivity contribution in [2.75, 3.05) is 0 Å². The summed E-state index contributed by atoms with van der Waals surface area (Å²) in [6.07, 6.45) is -1.94. The van der Waals surface area contributed by atoms with Crippen molar-refractivity contribution in [3.05, 3.63) is 71.5 Å². The van der Waals surface area contributed by atoms with Crippen LogP contribution in [0.5, 0.6) is 0 Å². The summed E-state index contributed by atoms with van der Waals surface area (Å²) < 4.78 is 12.9. The number of hydrogen-bond acceptors (Lipinski definition) is 3. The van der Waals surface area contributed by atoms with Crippen LogP contribution in [0.1, 0.15) is 36.7 Å². The molecule has 0 aromatic heterocycles. The van der Waals surface area contributed by atoms with E-state index in [9.17, 15) is 19.4 Å². The molecule has 0 fully saturated rings. The predicted octanol–water partition coefficient (Wildman–Crippen LogP) is 2.49. The first-order valence-electron chi connectivity index (χ1n) is 7.43. The SMILES string of the molecule is CC(NC(=O)CC(O)c1ccccc1)C(O)c1ccc(F)cc1. The molecule has 2 aromatic carbocycles. The second kappa shape index (κ2) is 7.85. The van der Waals surface area contributed by atoms with Crippen molar-refractivity contribution in [2.24, 2.45) is 0 Å². The maximum Gasteiger partial charge on any atom is 0.223 e. The number of rotatable bonds is 6. The van der Waals surface area contributed by atoms with Gasteiger partial charge in [-0.1, -0.05) is 42.5 Å². The third-order valence-electron chi connectivity index (χ3n) is 3.64. The second-order valence-electron chi connectivity index (χ2n) is 5.48. The van der Waals surface area contributed by atoms with Crippen molar-refractivity contribution < 1.29 is 19.4 Å². The van der Waals surface area contributed by atoms with E-state index in [-0.39, 0.29) is 18.1 Å². The van der Waals surface area contributed by atoms with Gasteiger partial charge in [-0.2, -0.15) is 0 Å². The van der Waals surface area contributed by atoms with Crippen molar-refractivity contribution in [2.45, 2.75) is 31.6 Å². The van der Waals surface area contributed by atoms with Crippen molar-refractivity contribution in [1.82, 2.24) is 5.32 Å². The van der Waals surface area contributed by atoms with E-state index in [4.69, 9.17) is 0 Å². The van der Waals surface area contributed by atoms with Crippen LogP contribution >= 0.6 is 0 Å². The Bertz CT molecular complexity index is 630. The van der Waals surface area contributed by atoms with Gasteiger partial charge in [0.1, 0.15) is 5.82 Å². The van der Waals surface area contributed by atoms with Crippen LogP contribution < -0.4 is 5.32 Å². The molecule has 2 rings (SSSR count). The van der Waals surface area contributed by atoms with Gasteiger partial charge in [0.25, 0.3) is 0 Å². The number of nitrogens with one attached hydrogen (secondary N) is 1. The topological polar surface area (TPSA) is 69.6 Å². The number of amides is 1. The Morgan fingerprint density at radius 1 is 1.04 bits per heavy atom. The third-order valence-corrected chi connectivity index (χ3v) is 3.64. The first kappa shape index (κ1) is 17.1. The summed E-state index contributed by atoms with van der Waals surface area (Å²) in [5.74, 6) is -0.751. The van der Waals surface area contributed by atoms with E-state index in [2.05, 4.69) is 5.32 Å². The van der Waals surface area contributed by atoms with Crippen molar-refractivity contribution in [3.63, 3.8) is 0 Å². The maximum absolute atomic E-state index is 12.9. The summed E-state index contributed by atoms with van der Waals surface area (Å²) in [7, 11) is 0. The molecule has 0 saturated carbocycles. The van der Waals surface area contributed by atoms with Gasteiger partial charge >= 0.3 is 0 Å². The summed E-state index contributed by atoms with van der Waals surface area (Å²) in [6.45, 7) is 1.65. The van der Waals surface area contributed by atoms with E-state index in [1.54, 1.807) is 31.2 Å². The van der Waals surface area contributed by atoms with Crippen LogP contribution in [-0.4, -0.2) is 22.2 Å². The minimum Gasteiger partial charge on any atom is -0.388 e. The van der Waals surface area contributed by atoms with Gasteiger partial charge in [-0.15, -0.1) is 0 Å². The van der Waals surface area contributed by atoms with Gasteiger partial charge in [0.2, 0.25) is 5.91 Å². The number of carbonyl (C=O) groups excluding carboxylic acids is 1. The fourth-order valence-electron chi connectivity index (χ4n) is 2.31. The van der Waals surface area contributed by atoms with E-state index >= 15 is 0 Å². The van der Waals surface area contributed by atoms with E-state index in [1.165, 1.54) is 24.3 Å². The Morgan fingerprint density at radius 2 is 1.65 bits per heavy atom. The zero-order chi connectivity index (χ0) is 16.8. The largest absolute Gasteiger partial charge is 0.388 e. The molecule has 0 bridgehead atoms. The number of aliphatic hydroxyl groups is 2. The molecular weight excluding hydrogens is 297 g/mol. The van der Waals surface area contributed by atoms with Gasteiger partial charge < -0.3 is 15.5 Å². The summed E-state index contributed by atoms with van der Waals surface area (Å²) in [6, 6.07) is 13.8. The summed E-state index contributed by atoms with van der Waals surface area (Å²) >= 11 is 0. The highest BCUT2D eigenvalue weighted by Crippen LogP contribution is 2.19. The van der Waals surface area contributed by atoms with Gasteiger partial charge in [0, 0.05) is 0 Å². The molecule has 3 unspecified atom stereocenters. The Kier molecular flexibility index (Phi) is 5.84. The second-order valence-corrected chi connectivity index (χ2v) is 5.48. The normalized spacial score (nSPS) is 14.8. The van der Waals surface area contributed by atoms with Gasteiger partial charge in [0.05, 0.1) is 24.7 Å². The monoisotopic (exact) mass is 317 g/mol. The van der Waals surface area contributed by atoms with E-state index < -0.39 is 18.2 Å². The van der Waals surface area contributed by atoms with Gasteiger partial charge in [-0.25, -0.2) is 4.39 Å². The molecule has 122 valence electrons. The van der Waals surface area contributed by atoms with E-state index in [0.29, 0.717) is 11.1 Å². The molecule has 0 saturated heterocycles. The molecule has 0 aliphatic heterocycles. The zero-order valence-electron chi connectivity index (χ0n) is 12.8. The maximum atomic E-state index is 12.9. The minimum atomic E-state index is -0.951. The van der Waals surface area contributed by atoms with Crippen molar-refractivity contribution >= 4 is 5.91 Å². The zero-order valence-corrected chi connectivity index (χ0v) is 12.8. The fourth-order valence-corrected chi connectivity index (χ4v) is 2.31. The summed E-state index contributed by atoms with van der Waals surface area (Å²) in [5.41, 5.74) is 1.18. The highest BCUT2D eigenvalue weighted by Gasteiger charge is 2.20. The molecule has 0 heterocycles. The number of carbonyl (C=O) groups is 1. The number of halogens is 1. The molecule has 2 aromatic rings. The smallest absolute Gasteiger partial charge is 0.223 e. The molecule has 4 nitrogen and oxygen atoms in total. The number of hydrogen-bond donors (Lipinski definition) is 3. The minimum absolute atomic E-state index is 0.0928. The predicted molar refractivity (Wildman–Crippen MR) is 85.0 cm³/mol. The van der Waals surface area contributed by atoms with Crippen molar-refractivity contribution in [3.8, 4) is 0 Å². The average molecular weight is 317 g/mol.